The first kappa shape index (κ1) is 9.97. The van der Waals surface area contributed by atoms with Gasteiger partial charge in [0.2, 0.25) is 5.95 Å². The number of aromatic amines is 1. The normalized spacial score (nSPS) is 10.8. The van der Waals surface area contributed by atoms with Gasteiger partial charge in [0.15, 0.2) is 5.65 Å². The molecule has 0 saturated carbocycles. The summed E-state index contributed by atoms with van der Waals surface area (Å²) < 4.78 is 0. The smallest absolute Gasteiger partial charge is 0.221 e. The van der Waals surface area contributed by atoms with E-state index in [0.717, 1.165) is 15.6 Å². The third-order valence-corrected chi connectivity index (χ3v) is 2.98. The van der Waals surface area contributed by atoms with Crippen LogP contribution in [0.25, 0.3) is 11.2 Å². The fourth-order valence-corrected chi connectivity index (χ4v) is 2.15. The van der Waals surface area contributed by atoms with Crippen molar-refractivity contribution in [3.05, 3.63) is 24.9 Å². The van der Waals surface area contributed by atoms with E-state index in [0.29, 0.717) is 5.65 Å². The number of H-pyrrole nitrogens is 1. The monoisotopic (exact) mass is 245 g/mol. The number of hydrogen-bond acceptors (Lipinski definition) is 7. The van der Waals surface area contributed by atoms with Gasteiger partial charge in [0.1, 0.15) is 21.9 Å². The Morgan fingerprint density at radius 3 is 3.00 bits per heavy atom. The van der Waals surface area contributed by atoms with E-state index in [1.165, 1.54) is 18.1 Å². The zero-order valence-electron chi connectivity index (χ0n) is 8.53. The fraction of sp³-hybridized carbons (Fsp3) is 0. The van der Waals surface area contributed by atoms with Crippen LogP contribution in [0, 0.1) is 0 Å². The van der Waals surface area contributed by atoms with Gasteiger partial charge >= 0.3 is 0 Å². The predicted molar refractivity (Wildman–Crippen MR) is 62.3 cm³/mol. The van der Waals surface area contributed by atoms with Crippen molar-refractivity contribution in [2.75, 3.05) is 5.73 Å². The molecule has 0 unspecified atom stereocenters. The largest absolute Gasteiger partial charge is 0.368 e. The molecule has 0 amide bonds. The molecule has 17 heavy (non-hydrogen) atoms. The third-order valence-electron chi connectivity index (χ3n) is 2.04. The molecule has 0 aromatic carbocycles. The van der Waals surface area contributed by atoms with Gasteiger partial charge < -0.3 is 10.7 Å². The van der Waals surface area contributed by atoms with Gasteiger partial charge in [0, 0.05) is 6.20 Å². The average molecular weight is 245 g/mol. The maximum atomic E-state index is 5.52. The fourth-order valence-electron chi connectivity index (χ4n) is 1.33. The Labute approximate surface area is 99.9 Å². The molecule has 0 atom stereocenters. The molecule has 3 N–H and O–H groups in total. The van der Waals surface area contributed by atoms with Crippen LogP contribution in [0.1, 0.15) is 0 Å². The van der Waals surface area contributed by atoms with Gasteiger partial charge in [0.25, 0.3) is 0 Å². The van der Waals surface area contributed by atoms with Crippen molar-refractivity contribution < 1.29 is 0 Å². The van der Waals surface area contributed by atoms with E-state index in [4.69, 9.17) is 5.73 Å². The van der Waals surface area contributed by atoms with Crippen molar-refractivity contribution in [1.29, 1.82) is 0 Å². The number of anilines is 1. The summed E-state index contributed by atoms with van der Waals surface area (Å²) in [5, 5.41) is 1.48. The van der Waals surface area contributed by atoms with Crippen LogP contribution in [0.5, 0.6) is 0 Å². The lowest BCUT2D eigenvalue weighted by atomic mass is 10.6. The first-order valence-electron chi connectivity index (χ1n) is 4.73. The molecule has 8 heteroatoms. The molecule has 7 nitrogen and oxygen atoms in total. The van der Waals surface area contributed by atoms with Crippen LogP contribution in [0.2, 0.25) is 0 Å². The minimum atomic E-state index is 0.241. The molecule has 0 spiro atoms. The number of rotatable bonds is 2. The molecule has 0 saturated heterocycles. The molecule has 0 fully saturated rings. The quantitative estimate of drug-likeness (QED) is 0.645. The highest BCUT2D eigenvalue weighted by atomic mass is 32.2. The highest BCUT2D eigenvalue weighted by Crippen LogP contribution is 2.27. The van der Waals surface area contributed by atoms with E-state index in [1.54, 1.807) is 18.6 Å². The summed E-state index contributed by atoms with van der Waals surface area (Å²) in [6.45, 7) is 0. The van der Waals surface area contributed by atoms with Crippen molar-refractivity contribution in [2.24, 2.45) is 0 Å². The van der Waals surface area contributed by atoms with E-state index in [1.807, 2.05) is 0 Å². The minimum Gasteiger partial charge on any atom is -0.368 e. The summed E-state index contributed by atoms with van der Waals surface area (Å²) in [4.78, 5) is 23.2. The summed E-state index contributed by atoms with van der Waals surface area (Å²) in [5.74, 6) is 0.241. The first-order chi connectivity index (χ1) is 8.33. The number of nitrogen functional groups attached to an aromatic ring is 1. The number of nitrogens with one attached hydrogen (secondary N) is 1. The lowest BCUT2D eigenvalue weighted by Gasteiger charge is -2.00. The topological polar surface area (TPSA) is 106 Å². The minimum absolute atomic E-state index is 0.241. The molecule has 3 rings (SSSR count). The molecule has 3 heterocycles. The predicted octanol–water partition coefficient (Wildman–Crippen LogP) is 0.876. The maximum Gasteiger partial charge on any atom is 0.221 e. The Morgan fingerprint density at radius 2 is 2.12 bits per heavy atom. The summed E-state index contributed by atoms with van der Waals surface area (Å²) in [5.41, 5.74) is 6.93. The molecule has 0 aliphatic carbocycles. The highest BCUT2D eigenvalue weighted by Gasteiger charge is 2.08. The number of nitrogens with two attached hydrogens (primary N) is 1. The van der Waals surface area contributed by atoms with Gasteiger partial charge in [-0.25, -0.2) is 24.9 Å². The molecule has 3 aromatic rings. The summed E-state index contributed by atoms with van der Waals surface area (Å²) in [6, 6.07) is 1.77. The van der Waals surface area contributed by atoms with Crippen molar-refractivity contribution in [2.45, 2.75) is 10.1 Å². The molecule has 3 aromatic heterocycles. The second-order valence-corrected chi connectivity index (χ2v) is 4.14. The van der Waals surface area contributed by atoms with Crippen LogP contribution in [-0.2, 0) is 0 Å². The Kier molecular flexibility index (Phi) is 2.33. The number of fused-ring (bicyclic) bond motifs is 1. The lowest BCUT2D eigenvalue weighted by Crippen LogP contribution is -1.94. The zero-order chi connectivity index (χ0) is 11.7. The van der Waals surface area contributed by atoms with Crippen molar-refractivity contribution in [3.8, 4) is 0 Å². The number of nitrogens with zero attached hydrogens (tertiary/aromatic N) is 5. The molecule has 84 valence electrons. The molecular weight excluding hydrogens is 238 g/mol. The van der Waals surface area contributed by atoms with Crippen LogP contribution in [-0.4, -0.2) is 29.9 Å². The molecule has 0 aliphatic heterocycles. The van der Waals surface area contributed by atoms with E-state index in [9.17, 15) is 0 Å². The summed E-state index contributed by atoms with van der Waals surface area (Å²) in [7, 11) is 0. The van der Waals surface area contributed by atoms with E-state index in [-0.39, 0.29) is 5.95 Å². The van der Waals surface area contributed by atoms with Crippen LogP contribution in [0.15, 0.2) is 35.0 Å². The van der Waals surface area contributed by atoms with Crippen LogP contribution >= 0.6 is 11.8 Å². The van der Waals surface area contributed by atoms with E-state index < -0.39 is 0 Å². The SMILES string of the molecule is Nc1nccc(Sc2ncnc3nc[nH]c23)n1. The summed E-state index contributed by atoms with van der Waals surface area (Å²) in [6.07, 6.45) is 4.66. The molecule has 0 aliphatic rings. The molecule has 0 bridgehead atoms. The van der Waals surface area contributed by atoms with Gasteiger partial charge in [-0.15, -0.1) is 0 Å². The first-order valence-corrected chi connectivity index (χ1v) is 5.55. The van der Waals surface area contributed by atoms with Crippen molar-refractivity contribution in [1.82, 2.24) is 29.9 Å². The highest BCUT2D eigenvalue weighted by molar-refractivity contribution is 7.99. The van der Waals surface area contributed by atoms with Crippen LogP contribution in [0.3, 0.4) is 0 Å². The Balaban J connectivity index is 2.02. The van der Waals surface area contributed by atoms with Crippen LogP contribution in [0.4, 0.5) is 5.95 Å². The zero-order valence-corrected chi connectivity index (χ0v) is 9.35. The number of imidazole rings is 1. The Bertz CT molecular complexity index is 665. The van der Waals surface area contributed by atoms with Gasteiger partial charge in [0.05, 0.1) is 6.33 Å². The maximum absolute atomic E-state index is 5.52. The molecule has 0 radical (unpaired) electrons. The average Bonchev–Trinajstić information content (AvgIpc) is 2.78. The molecular formula is C9H7N7S. The Hall–Kier alpha value is -2.22. The van der Waals surface area contributed by atoms with Gasteiger partial charge in [-0.1, -0.05) is 0 Å². The van der Waals surface area contributed by atoms with Gasteiger partial charge in [-0.2, -0.15) is 0 Å². The summed E-state index contributed by atoms with van der Waals surface area (Å²) >= 11 is 1.38. The van der Waals surface area contributed by atoms with Gasteiger partial charge in [-0.05, 0) is 17.8 Å². The number of aromatic nitrogens is 6. The standard InChI is InChI=1S/C9H7N7S/c10-9-11-2-1-5(16-9)17-8-6-7(13-3-12-6)14-4-15-8/h1-4H,(H2,10,11,16)(H,12,13,14,15). The van der Waals surface area contributed by atoms with E-state index >= 15 is 0 Å². The van der Waals surface area contributed by atoms with Gasteiger partial charge in [-0.3, -0.25) is 0 Å². The number of hydrogen-bond donors (Lipinski definition) is 2. The second kappa shape index (κ2) is 3.98. The second-order valence-electron chi connectivity index (χ2n) is 3.14. The van der Waals surface area contributed by atoms with E-state index in [2.05, 4.69) is 29.9 Å². The third kappa shape index (κ3) is 1.89. The van der Waals surface area contributed by atoms with Crippen molar-refractivity contribution >= 4 is 28.9 Å². The van der Waals surface area contributed by atoms with Crippen molar-refractivity contribution in [3.63, 3.8) is 0 Å². The van der Waals surface area contributed by atoms with Crippen LogP contribution < -0.4 is 5.73 Å². The Morgan fingerprint density at radius 1 is 1.18 bits per heavy atom. The lowest BCUT2D eigenvalue weighted by molar-refractivity contribution is 1.04.